The van der Waals surface area contributed by atoms with E-state index in [0.29, 0.717) is 56.2 Å². The average Bonchev–Trinajstić information content (AvgIpc) is 2.82. The van der Waals surface area contributed by atoms with E-state index in [9.17, 15) is 14.7 Å². The number of hydrogen-bond donors (Lipinski definition) is 3. The lowest BCUT2D eigenvalue weighted by Crippen LogP contribution is -2.51. The molecule has 2 unspecified atom stereocenters. The molecule has 2 atom stereocenters. The van der Waals surface area contributed by atoms with E-state index < -0.39 is 18.1 Å². The molecule has 7 nitrogen and oxygen atoms in total. The number of amides is 2. The molecule has 0 fully saturated rings. The molecule has 1 aliphatic heterocycles. The SMILES string of the molecule is O=C1NC(C(O)C(=O)NCCc2ccc(Cl)cc2)CCCCOCCOCc2ccccc21. The maximum Gasteiger partial charge on any atom is 0.251 e. The molecule has 3 N–H and O–H groups in total. The molecule has 8 heteroatoms. The average molecular weight is 475 g/mol. The van der Waals surface area contributed by atoms with Crippen LogP contribution in [-0.2, 0) is 27.3 Å². The summed E-state index contributed by atoms with van der Waals surface area (Å²) in [6.07, 6.45) is 1.16. The lowest BCUT2D eigenvalue weighted by Gasteiger charge is -2.24. The summed E-state index contributed by atoms with van der Waals surface area (Å²) in [6.45, 7) is 2.14. The molecule has 0 spiro atoms. The number of rotatable bonds is 5. The van der Waals surface area contributed by atoms with Crippen molar-refractivity contribution >= 4 is 23.4 Å². The largest absolute Gasteiger partial charge is 0.381 e. The first-order chi connectivity index (χ1) is 16.0. The lowest BCUT2D eigenvalue weighted by molar-refractivity contribution is -0.130. The molecule has 3 rings (SSSR count). The zero-order valence-electron chi connectivity index (χ0n) is 18.6. The Hall–Kier alpha value is -2.45. The van der Waals surface area contributed by atoms with Crippen LogP contribution in [0.5, 0.6) is 0 Å². The molecule has 2 aromatic carbocycles. The second kappa shape index (κ2) is 13.3. The van der Waals surface area contributed by atoms with Crippen LogP contribution < -0.4 is 10.6 Å². The molecule has 1 heterocycles. The Labute approximate surface area is 199 Å². The van der Waals surface area contributed by atoms with Crippen molar-refractivity contribution in [2.45, 2.75) is 44.4 Å². The predicted octanol–water partition coefficient (Wildman–Crippen LogP) is 2.88. The van der Waals surface area contributed by atoms with Crippen LogP contribution in [0.25, 0.3) is 0 Å². The molecule has 0 radical (unpaired) electrons. The van der Waals surface area contributed by atoms with Crippen molar-refractivity contribution in [3.8, 4) is 0 Å². The van der Waals surface area contributed by atoms with Crippen LogP contribution in [0, 0.1) is 0 Å². The van der Waals surface area contributed by atoms with Gasteiger partial charge in [-0.3, -0.25) is 9.59 Å². The summed E-state index contributed by atoms with van der Waals surface area (Å²) in [6, 6.07) is 13.8. The van der Waals surface area contributed by atoms with Gasteiger partial charge in [-0.25, -0.2) is 0 Å². The number of aliphatic hydroxyl groups is 1. The molecule has 1 aliphatic rings. The van der Waals surface area contributed by atoms with E-state index in [1.54, 1.807) is 24.3 Å². The van der Waals surface area contributed by atoms with E-state index in [1.165, 1.54) is 0 Å². The van der Waals surface area contributed by atoms with Crippen LogP contribution in [0.15, 0.2) is 48.5 Å². The van der Waals surface area contributed by atoms with Crippen LogP contribution in [-0.4, -0.2) is 55.4 Å². The van der Waals surface area contributed by atoms with Gasteiger partial charge in [0.15, 0.2) is 6.10 Å². The Kier molecular flexibility index (Phi) is 10.2. The van der Waals surface area contributed by atoms with Gasteiger partial charge in [-0.2, -0.15) is 0 Å². The first-order valence-electron chi connectivity index (χ1n) is 11.3. The van der Waals surface area contributed by atoms with Gasteiger partial charge < -0.3 is 25.2 Å². The number of aliphatic hydroxyl groups excluding tert-OH is 1. The summed E-state index contributed by atoms with van der Waals surface area (Å²) in [5.41, 5.74) is 2.24. The molecule has 2 amide bonds. The van der Waals surface area contributed by atoms with Crippen molar-refractivity contribution in [3.63, 3.8) is 0 Å². The molecule has 0 aromatic heterocycles. The van der Waals surface area contributed by atoms with Crippen molar-refractivity contribution in [1.29, 1.82) is 0 Å². The summed E-state index contributed by atoms with van der Waals surface area (Å²) in [7, 11) is 0. The molecule has 0 aliphatic carbocycles. The normalized spacial score (nSPS) is 19.0. The molecule has 0 saturated carbocycles. The minimum absolute atomic E-state index is 0.283. The molecule has 33 heavy (non-hydrogen) atoms. The van der Waals surface area contributed by atoms with Gasteiger partial charge in [0.05, 0.1) is 25.9 Å². The van der Waals surface area contributed by atoms with E-state index in [0.717, 1.165) is 17.5 Å². The Bertz CT molecular complexity index is 906. The highest BCUT2D eigenvalue weighted by Gasteiger charge is 2.28. The van der Waals surface area contributed by atoms with Crippen molar-refractivity contribution in [1.82, 2.24) is 10.6 Å². The first kappa shape index (κ1) is 25.2. The van der Waals surface area contributed by atoms with Gasteiger partial charge in [-0.05, 0) is 55.0 Å². The van der Waals surface area contributed by atoms with E-state index in [4.69, 9.17) is 21.1 Å². The number of benzene rings is 2. The highest BCUT2D eigenvalue weighted by atomic mass is 35.5. The minimum atomic E-state index is -1.36. The number of nitrogens with one attached hydrogen (secondary N) is 2. The van der Waals surface area contributed by atoms with Gasteiger partial charge in [0.2, 0.25) is 0 Å². The maximum atomic E-state index is 13.0. The predicted molar refractivity (Wildman–Crippen MR) is 126 cm³/mol. The smallest absolute Gasteiger partial charge is 0.251 e. The first-order valence-corrected chi connectivity index (χ1v) is 11.7. The van der Waals surface area contributed by atoms with Gasteiger partial charge in [0.1, 0.15) is 0 Å². The van der Waals surface area contributed by atoms with Gasteiger partial charge >= 0.3 is 0 Å². The van der Waals surface area contributed by atoms with Crippen LogP contribution >= 0.6 is 11.6 Å². The van der Waals surface area contributed by atoms with Crippen LogP contribution in [0.1, 0.15) is 40.7 Å². The highest BCUT2D eigenvalue weighted by Crippen LogP contribution is 2.14. The van der Waals surface area contributed by atoms with Crippen molar-refractivity contribution in [2.75, 3.05) is 26.4 Å². The Morgan fingerprint density at radius 1 is 1.09 bits per heavy atom. The third-order valence-corrected chi connectivity index (χ3v) is 5.79. The van der Waals surface area contributed by atoms with Gasteiger partial charge in [-0.15, -0.1) is 0 Å². The lowest BCUT2D eigenvalue weighted by atomic mass is 10.0. The Morgan fingerprint density at radius 2 is 1.85 bits per heavy atom. The number of carbonyl (C=O) groups excluding carboxylic acids is 2. The number of fused-ring (bicyclic) bond motifs is 1. The van der Waals surface area contributed by atoms with E-state index >= 15 is 0 Å². The molecular formula is C25H31ClN2O5. The Balaban J connectivity index is 1.63. The van der Waals surface area contributed by atoms with Crippen molar-refractivity contribution < 1.29 is 24.2 Å². The fourth-order valence-electron chi connectivity index (χ4n) is 3.66. The van der Waals surface area contributed by atoms with E-state index in [1.807, 2.05) is 24.3 Å². The van der Waals surface area contributed by atoms with Crippen LogP contribution in [0.4, 0.5) is 0 Å². The van der Waals surface area contributed by atoms with Crippen molar-refractivity contribution in [2.24, 2.45) is 0 Å². The van der Waals surface area contributed by atoms with Crippen LogP contribution in [0.3, 0.4) is 0 Å². The summed E-state index contributed by atoms with van der Waals surface area (Å²) in [5.74, 6) is -0.844. The second-order valence-electron chi connectivity index (χ2n) is 8.01. The second-order valence-corrected chi connectivity index (χ2v) is 8.45. The minimum Gasteiger partial charge on any atom is -0.381 e. The van der Waals surface area contributed by atoms with Crippen molar-refractivity contribution in [3.05, 3.63) is 70.2 Å². The summed E-state index contributed by atoms with van der Waals surface area (Å²) >= 11 is 5.90. The number of hydrogen-bond acceptors (Lipinski definition) is 5. The standard InChI is InChI=1S/C25H31ClN2O5/c26-20-10-8-18(9-11-20)12-13-27-25(31)23(29)22-7-3-4-14-32-15-16-33-17-19-5-1-2-6-21(19)24(30)28-22/h1-2,5-6,8-11,22-23,29H,3-4,7,12-17H2,(H,27,31)(H,28,30). The third kappa shape index (κ3) is 8.12. The summed E-state index contributed by atoms with van der Waals surface area (Å²) < 4.78 is 11.2. The molecule has 0 saturated heterocycles. The number of ether oxygens (including phenoxy) is 2. The molecule has 2 aromatic rings. The monoisotopic (exact) mass is 474 g/mol. The quantitative estimate of drug-likeness (QED) is 0.619. The topological polar surface area (TPSA) is 96.9 Å². The third-order valence-electron chi connectivity index (χ3n) is 5.54. The fraction of sp³-hybridized carbons (Fsp3) is 0.440. The van der Waals surface area contributed by atoms with Gasteiger partial charge in [0.25, 0.3) is 11.8 Å². The van der Waals surface area contributed by atoms with E-state index in [-0.39, 0.29) is 12.5 Å². The van der Waals surface area contributed by atoms with E-state index in [2.05, 4.69) is 10.6 Å². The summed E-state index contributed by atoms with van der Waals surface area (Å²) in [5, 5.41) is 17.0. The van der Waals surface area contributed by atoms with Crippen LogP contribution in [0.2, 0.25) is 5.02 Å². The summed E-state index contributed by atoms with van der Waals surface area (Å²) in [4.78, 5) is 25.6. The molecular weight excluding hydrogens is 444 g/mol. The zero-order chi connectivity index (χ0) is 23.5. The highest BCUT2D eigenvalue weighted by molar-refractivity contribution is 6.30. The molecule has 0 bridgehead atoms. The fourth-order valence-corrected chi connectivity index (χ4v) is 3.79. The maximum absolute atomic E-state index is 13.0. The zero-order valence-corrected chi connectivity index (χ0v) is 19.4. The molecule has 178 valence electrons. The van der Waals surface area contributed by atoms with Gasteiger partial charge in [-0.1, -0.05) is 41.9 Å². The number of halogens is 1. The Morgan fingerprint density at radius 3 is 2.67 bits per heavy atom. The number of carbonyl (C=O) groups is 2. The van der Waals surface area contributed by atoms with Gasteiger partial charge in [0, 0.05) is 23.7 Å².